The van der Waals surface area contributed by atoms with Crippen LogP contribution in [-0.4, -0.2) is 49.3 Å². The summed E-state index contributed by atoms with van der Waals surface area (Å²) >= 11 is 0. The predicted octanol–water partition coefficient (Wildman–Crippen LogP) is 3.88. The number of carbonyl (C=O) groups is 2. The molecule has 38 heavy (non-hydrogen) atoms. The van der Waals surface area contributed by atoms with Gasteiger partial charge in [-0.3, -0.25) is 19.3 Å². The van der Waals surface area contributed by atoms with Gasteiger partial charge in [0.1, 0.15) is 29.9 Å². The molecule has 0 saturated carbocycles. The quantitative estimate of drug-likeness (QED) is 0.259. The molecule has 0 radical (unpaired) electrons. The van der Waals surface area contributed by atoms with Crippen LogP contribution in [-0.2, 0) is 20.9 Å². The van der Waals surface area contributed by atoms with Gasteiger partial charge in [-0.15, -0.1) is 0 Å². The van der Waals surface area contributed by atoms with E-state index in [2.05, 4.69) is 26.5 Å². The normalized spacial score (nSPS) is 11.3. The number of nitriles is 1. The summed E-state index contributed by atoms with van der Waals surface area (Å²) < 4.78 is 12.0. The van der Waals surface area contributed by atoms with E-state index in [1.807, 2.05) is 12.1 Å². The lowest BCUT2D eigenvalue weighted by Gasteiger charge is -2.14. The van der Waals surface area contributed by atoms with Crippen LogP contribution in [0.5, 0.6) is 5.75 Å². The zero-order chi connectivity index (χ0) is 27.1. The molecule has 0 spiro atoms. The van der Waals surface area contributed by atoms with Crippen LogP contribution in [0, 0.1) is 11.3 Å². The van der Waals surface area contributed by atoms with Crippen LogP contribution < -0.4 is 10.1 Å². The summed E-state index contributed by atoms with van der Waals surface area (Å²) in [5.41, 5.74) is 3.11. The molecule has 3 heterocycles. The predicted molar refractivity (Wildman–Crippen MR) is 139 cm³/mol. The van der Waals surface area contributed by atoms with Crippen molar-refractivity contribution in [2.24, 2.45) is 0 Å². The number of aromatic nitrogens is 5. The van der Waals surface area contributed by atoms with Gasteiger partial charge in [-0.25, -0.2) is 9.97 Å². The number of hydrogen-bond donors (Lipinski definition) is 1. The topological polar surface area (TPSA) is 145 Å². The Morgan fingerprint density at radius 1 is 1.11 bits per heavy atom. The maximum atomic E-state index is 11.5. The van der Waals surface area contributed by atoms with Gasteiger partial charge in [0.25, 0.3) is 0 Å². The number of rotatable bonds is 9. The number of pyridine rings is 1. The monoisotopic (exact) mass is 511 g/mol. The van der Waals surface area contributed by atoms with Crippen LogP contribution >= 0.6 is 0 Å². The molecule has 0 unspecified atom stereocenters. The number of nitrogens with zero attached hydrogens (tertiary/aromatic N) is 6. The van der Waals surface area contributed by atoms with E-state index >= 15 is 0 Å². The molecule has 1 aromatic carbocycles. The lowest BCUT2D eigenvalue weighted by atomic mass is 10.1. The Hall–Kier alpha value is -5.11. The Morgan fingerprint density at radius 3 is 2.63 bits per heavy atom. The molecule has 0 saturated heterocycles. The summed E-state index contributed by atoms with van der Waals surface area (Å²) in [7, 11) is 0. The first kappa shape index (κ1) is 26.0. The van der Waals surface area contributed by atoms with E-state index in [0.29, 0.717) is 52.0 Å². The summed E-state index contributed by atoms with van der Waals surface area (Å²) in [5, 5.41) is 17.1. The van der Waals surface area contributed by atoms with E-state index in [4.69, 9.17) is 14.5 Å². The Balaban J connectivity index is 1.81. The highest BCUT2D eigenvalue weighted by Gasteiger charge is 2.18. The average molecular weight is 512 g/mol. The van der Waals surface area contributed by atoms with Gasteiger partial charge in [0.2, 0.25) is 0 Å². The van der Waals surface area contributed by atoms with Gasteiger partial charge in [-0.05, 0) is 31.2 Å². The number of ether oxygens (including phenoxy) is 2. The van der Waals surface area contributed by atoms with Gasteiger partial charge in [-0.2, -0.15) is 10.4 Å². The van der Waals surface area contributed by atoms with E-state index in [-0.39, 0.29) is 18.6 Å². The first-order valence-corrected chi connectivity index (χ1v) is 11.8. The van der Waals surface area contributed by atoms with Gasteiger partial charge in [0.15, 0.2) is 5.82 Å². The molecule has 1 N–H and O–H groups in total. The molecule has 0 aliphatic rings. The van der Waals surface area contributed by atoms with Crippen molar-refractivity contribution in [2.75, 3.05) is 11.9 Å². The molecular weight excluding hydrogens is 486 g/mol. The van der Waals surface area contributed by atoms with E-state index in [1.54, 1.807) is 55.8 Å². The van der Waals surface area contributed by atoms with Crippen molar-refractivity contribution < 1.29 is 19.1 Å². The summed E-state index contributed by atoms with van der Waals surface area (Å²) in [6.07, 6.45) is 4.67. The van der Waals surface area contributed by atoms with Gasteiger partial charge in [0.05, 0.1) is 18.3 Å². The molecule has 4 rings (SSSR count). The second-order valence-corrected chi connectivity index (χ2v) is 8.37. The molecule has 3 aromatic heterocycles. The van der Waals surface area contributed by atoms with Crippen LogP contribution in [0.15, 0.2) is 61.1 Å². The fourth-order valence-corrected chi connectivity index (χ4v) is 3.72. The number of nitrogens with one attached hydrogen (secondary N) is 1. The summed E-state index contributed by atoms with van der Waals surface area (Å²) in [4.78, 5) is 36.4. The molecule has 4 aromatic rings. The zero-order valence-corrected chi connectivity index (χ0v) is 21.1. The first-order valence-electron chi connectivity index (χ1n) is 11.8. The van der Waals surface area contributed by atoms with Crippen molar-refractivity contribution in [3.05, 3.63) is 61.1 Å². The van der Waals surface area contributed by atoms with Gasteiger partial charge < -0.3 is 14.8 Å². The lowest BCUT2D eigenvalue weighted by molar-refractivity contribution is -0.144. The van der Waals surface area contributed by atoms with Crippen LogP contribution in [0.25, 0.3) is 33.9 Å². The van der Waals surface area contributed by atoms with Gasteiger partial charge in [-0.1, -0.05) is 12.1 Å². The molecular formula is C27H25N7O4. The summed E-state index contributed by atoms with van der Waals surface area (Å²) in [6, 6.07) is 14.5. The number of anilines is 1. The fraction of sp³-hybridized carbons (Fsp3) is 0.222. The Kier molecular flexibility index (Phi) is 8.03. The van der Waals surface area contributed by atoms with Crippen molar-refractivity contribution in [2.45, 2.75) is 33.4 Å². The van der Waals surface area contributed by atoms with Crippen molar-refractivity contribution in [1.82, 2.24) is 24.7 Å². The molecule has 11 nitrogen and oxygen atoms in total. The van der Waals surface area contributed by atoms with E-state index in [9.17, 15) is 14.9 Å². The second kappa shape index (κ2) is 11.7. The Morgan fingerprint density at radius 2 is 1.92 bits per heavy atom. The van der Waals surface area contributed by atoms with Crippen molar-refractivity contribution in [1.29, 1.82) is 5.26 Å². The molecule has 0 bridgehead atoms. The minimum atomic E-state index is -0.437. The number of benzene rings is 1. The number of carbonyl (C=O) groups excluding carboxylic acids is 2. The number of esters is 2. The Bertz CT molecular complexity index is 1500. The highest BCUT2D eigenvalue weighted by molar-refractivity contribution is 5.81. The molecule has 192 valence electrons. The molecule has 0 amide bonds. The van der Waals surface area contributed by atoms with Crippen molar-refractivity contribution >= 4 is 17.8 Å². The maximum absolute atomic E-state index is 11.5. The fourth-order valence-electron chi connectivity index (χ4n) is 3.72. The second-order valence-electron chi connectivity index (χ2n) is 8.37. The third-order valence-electron chi connectivity index (χ3n) is 5.22. The average Bonchev–Trinajstić information content (AvgIpc) is 3.31. The van der Waals surface area contributed by atoms with Crippen LogP contribution in [0.3, 0.4) is 0 Å². The largest absolute Gasteiger partial charge is 0.461 e. The van der Waals surface area contributed by atoms with Gasteiger partial charge >= 0.3 is 11.9 Å². The zero-order valence-electron chi connectivity index (χ0n) is 21.1. The van der Waals surface area contributed by atoms with E-state index in [1.165, 1.54) is 18.5 Å². The van der Waals surface area contributed by atoms with Crippen LogP contribution in [0.4, 0.5) is 5.82 Å². The standard InChI is InChI=1S/C27H25N7O4/c1-17(37-18(2)35)14-30-25-13-24(31-27(32-25)21-7-5-10-29-15-21)23-16-34(11-9-28)33-26(23)20-6-4-8-22(12-20)38-19(3)36/h4-8,10,12-13,15-17H,11,14H2,1-3H3,(H,30,31,32)/t17-/m0/s1. The summed E-state index contributed by atoms with van der Waals surface area (Å²) in [5.74, 6) is 0.486. The third-order valence-corrected chi connectivity index (χ3v) is 5.22. The maximum Gasteiger partial charge on any atom is 0.308 e. The minimum absolute atomic E-state index is 0.0300. The highest BCUT2D eigenvalue weighted by atomic mass is 16.5. The summed E-state index contributed by atoms with van der Waals surface area (Å²) in [6.45, 7) is 4.82. The van der Waals surface area contributed by atoms with Crippen LogP contribution in [0.2, 0.25) is 0 Å². The van der Waals surface area contributed by atoms with E-state index < -0.39 is 5.97 Å². The van der Waals surface area contributed by atoms with Crippen LogP contribution in [0.1, 0.15) is 20.8 Å². The molecule has 11 heteroatoms. The number of hydrogen-bond acceptors (Lipinski definition) is 10. The molecule has 0 aliphatic carbocycles. The Labute approximate surface area is 219 Å². The van der Waals surface area contributed by atoms with Crippen molar-refractivity contribution in [3.8, 4) is 45.7 Å². The molecule has 0 fully saturated rings. The van der Waals surface area contributed by atoms with Gasteiger partial charge in [0, 0.05) is 55.2 Å². The highest BCUT2D eigenvalue weighted by Crippen LogP contribution is 2.33. The molecule has 1 atom stereocenters. The minimum Gasteiger partial charge on any atom is -0.461 e. The lowest BCUT2D eigenvalue weighted by Crippen LogP contribution is -2.22. The smallest absolute Gasteiger partial charge is 0.308 e. The third kappa shape index (κ3) is 6.55. The van der Waals surface area contributed by atoms with Crippen molar-refractivity contribution in [3.63, 3.8) is 0 Å². The SMILES string of the molecule is CC(=O)Oc1cccc(-c2nn(CC#N)cc2-c2cc(NC[C@H](C)OC(C)=O)nc(-c3cccnc3)n2)c1. The first-order chi connectivity index (χ1) is 18.3. The molecule has 0 aliphatic heterocycles. The van der Waals surface area contributed by atoms with E-state index in [0.717, 1.165) is 0 Å².